The van der Waals surface area contributed by atoms with Crippen molar-refractivity contribution in [3.8, 4) is 11.5 Å². The molecule has 0 spiro atoms. The van der Waals surface area contributed by atoms with Crippen LogP contribution in [0.2, 0.25) is 0 Å². The molecule has 7 heteroatoms. The van der Waals surface area contributed by atoms with Crippen molar-refractivity contribution >= 4 is 17.6 Å². The number of methoxy groups -OCH3 is 2. The number of hydrogen-bond acceptors (Lipinski definition) is 6. The third-order valence-electron chi connectivity index (χ3n) is 2.70. The number of aromatic nitrogens is 2. The van der Waals surface area contributed by atoms with E-state index in [0.717, 1.165) is 5.69 Å². The number of aliphatic carboxylic acids is 1. The highest BCUT2D eigenvalue weighted by Gasteiger charge is 2.06. The summed E-state index contributed by atoms with van der Waals surface area (Å²) in [6.45, 7) is 0. The van der Waals surface area contributed by atoms with Gasteiger partial charge in [0.15, 0.2) is 11.5 Å². The van der Waals surface area contributed by atoms with Crippen LogP contribution in [0, 0.1) is 0 Å². The van der Waals surface area contributed by atoms with Gasteiger partial charge in [-0.05, 0) is 12.1 Å². The molecular formula is C14H15N3O4. The Morgan fingerprint density at radius 1 is 1.19 bits per heavy atom. The van der Waals surface area contributed by atoms with Crippen LogP contribution in [0.1, 0.15) is 5.56 Å². The van der Waals surface area contributed by atoms with Gasteiger partial charge in [-0.3, -0.25) is 4.79 Å². The molecule has 0 amide bonds. The first-order valence-corrected chi connectivity index (χ1v) is 6.14. The molecule has 0 saturated heterocycles. The molecule has 2 rings (SSSR count). The molecular weight excluding hydrogens is 274 g/mol. The van der Waals surface area contributed by atoms with Crippen molar-refractivity contribution in [1.82, 2.24) is 9.97 Å². The summed E-state index contributed by atoms with van der Waals surface area (Å²) < 4.78 is 10.4. The van der Waals surface area contributed by atoms with Gasteiger partial charge < -0.3 is 19.9 Å². The van der Waals surface area contributed by atoms with E-state index in [4.69, 9.17) is 14.6 Å². The fourth-order valence-electron chi connectivity index (χ4n) is 1.73. The van der Waals surface area contributed by atoms with Gasteiger partial charge in [0, 0.05) is 29.7 Å². The lowest BCUT2D eigenvalue weighted by Crippen LogP contribution is -2.03. The predicted molar refractivity (Wildman–Crippen MR) is 76.2 cm³/mol. The molecule has 0 aliphatic heterocycles. The molecule has 0 fully saturated rings. The Kier molecular flexibility index (Phi) is 4.55. The zero-order valence-electron chi connectivity index (χ0n) is 11.7. The normalized spacial score (nSPS) is 10.0. The summed E-state index contributed by atoms with van der Waals surface area (Å²) in [6.07, 6.45) is 2.85. The number of nitrogens with zero attached hydrogens (tertiary/aromatic N) is 2. The maximum absolute atomic E-state index is 10.6. The summed E-state index contributed by atoms with van der Waals surface area (Å²) in [5.74, 6) is 0.668. The van der Waals surface area contributed by atoms with E-state index in [1.165, 1.54) is 12.4 Å². The van der Waals surface area contributed by atoms with Crippen molar-refractivity contribution in [3.05, 3.63) is 36.2 Å². The van der Waals surface area contributed by atoms with Crippen molar-refractivity contribution in [3.63, 3.8) is 0 Å². The number of rotatable bonds is 6. The first-order valence-electron chi connectivity index (χ1n) is 6.14. The second-order valence-corrected chi connectivity index (χ2v) is 4.18. The molecule has 110 valence electrons. The largest absolute Gasteiger partial charge is 0.493 e. The van der Waals surface area contributed by atoms with Gasteiger partial charge in [-0.15, -0.1) is 0 Å². The Balaban J connectivity index is 2.12. The first kappa shape index (κ1) is 14.6. The Labute approximate surface area is 121 Å². The van der Waals surface area contributed by atoms with Crippen LogP contribution in [-0.2, 0) is 11.2 Å². The molecule has 2 N–H and O–H groups in total. The number of carboxylic acids is 1. The van der Waals surface area contributed by atoms with E-state index in [9.17, 15) is 4.79 Å². The van der Waals surface area contributed by atoms with Gasteiger partial charge in [-0.1, -0.05) is 0 Å². The Bertz CT molecular complexity index is 629. The van der Waals surface area contributed by atoms with Crippen LogP contribution < -0.4 is 14.8 Å². The highest BCUT2D eigenvalue weighted by Crippen LogP contribution is 2.30. The third-order valence-corrected chi connectivity index (χ3v) is 2.70. The van der Waals surface area contributed by atoms with Gasteiger partial charge in [-0.2, -0.15) is 0 Å². The second kappa shape index (κ2) is 6.56. The highest BCUT2D eigenvalue weighted by atomic mass is 16.5. The van der Waals surface area contributed by atoms with E-state index in [1.54, 1.807) is 32.4 Å². The van der Waals surface area contributed by atoms with Crippen molar-refractivity contribution in [2.24, 2.45) is 0 Å². The lowest BCUT2D eigenvalue weighted by molar-refractivity contribution is -0.136. The molecule has 0 saturated carbocycles. The minimum absolute atomic E-state index is 0.101. The molecule has 0 aliphatic rings. The smallest absolute Gasteiger partial charge is 0.307 e. The average Bonchev–Trinajstić information content (AvgIpc) is 2.48. The van der Waals surface area contributed by atoms with Crippen molar-refractivity contribution in [1.29, 1.82) is 0 Å². The van der Waals surface area contributed by atoms with Crippen LogP contribution in [0.15, 0.2) is 30.6 Å². The van der Waals surface area contributed by atoms with E-state index in [0.29, 0.717) is 23.0 Å². The van der Waals surface area contributed by atoms with Gasteiger partial charge in [0.05, 0.1) is 20.6 Å². The Hall–Kier alpha value is -2.83. The summed E-state index contributed by atoms with van der Waals surface area (Å²) in [5.41, 5.74) is 1.28. The molecule has 0 radical (unpaired) electrons. The predicted octanol–water partition coefficient (Wildman–Crippen LogP) is 1.86. The van der Waals surface area contributed by atoms with Crippen LogP contribution in [-0.4, -0.2) is 35.3 Å². The summed E-state index contributed by atoms with van der Waals surface area (Å²) in [5, 5.41) is 11.7. The van der Waals surface area contributed by atoms with Crippen LogP contribution in [0.5, 0.6) is 11.5 Å². The summed E-state index contributed by atoms with van der Waals surface area (Å²) in [7, 11) is 3.12. The lowest BCUT2D eigenvalue weighted by atomic mass is 10.2. The molecule has 1 aromatic heterocycles. The standard InChI is InChI=1S/C14H15N3O4/c1-20-11-4-3-10(6-12(11)21-2)17-14-15-7-9(8-16-14)5-13(18)19/h3-4,6-8H,5H2,1-2H3,(H,18,19)(H,15,16,17). The van der Waals surface area contributed by atoms with E-state index in [2.05, 4.69) is 15.3 Å². The number of nitrogens with one attached hydrogen (secondary N) is 1. The maximum atomic E-state index is 10.6. The monoisotopic (exact) mass is 289 g/mol. The van der Waals surface area contributed by atoms with Crippen molar-refractivity contribution in [2.75, 3.05) is 19.5 Å². The van der Waals surface area contributed by atoms with E-state index in [1.807, 2.05) is 0 Å². The Morgan fingerprint density at radius 2 is 1.86 bits per heavy atom. The molecule has 0 atom stereocenters. The molecule has 0 unspecified atom stereocenters. The number of hydrogen-bond donors (Lipinski definition) is 2. The van der Waals surface area contributed by atoms with E-state index < -0.39 is 5.97 Å². The fraction of sp³-hybridized carbons (Fsp3) is 0.214. The van der Waals surface area contributed by atoms with Crippen molar-refractivity contribution in [2.45, 2.75) is 6.42 Å². The average molecular weight is 289 g/mol. The van der Waals surface area contributed by atoms with Crippen LogP contribution in [0.25, 0.3) is 0 Å². The fourth-order valence-corrected chi connectivity index (χ4v) is 1.73. The van der Waals surface area contributed by atoms with Crippen LogP contribution in [0.4, 0.5) is 11.6 Å². The minimum Gasteiger partial charge on any atom is -0.493 e. The van der Waals surface area contributed by atoms with E-state index >= 15 is 0 Å². The quantitative estimate of drug-likeness (QED) is 0.838. The molecule has 2 aromatic rings. The maximum Gasteiger partial charge on any atom is 0.307 e. The number of ether oxygens (including phenoxy) is 2. The second-order valence-electron chi connectivity index (χ2n) is 4.18. The first-order chi connectivity index (χ1) is 10.1. The molecule has 1 aromatic carbocycles. The SMILES string of the molecule is COc1ccc(Nc2ncc(CC(=O)O)cn2)cc1OC. The highest BCUT2D eigenvalue weighted by molar-refractivity contribution is 5.70. The van der Waals surface area contributed by atoms with Gasteiger partial charge in [0.1, 0.15) is 0 Å². The Morgan fingerprint density at radius 3 is 2.43 bits per heavy atom. The number of anilines is 2. The number of carboxylic acid groups (broad SMARTS) is 1. The summed E-state index contributed by atoms with van der Waals surface area (Å²) in [6, 6.07) is 5.32. The molecule has 7 nitrogen and oxygen atoms in total. The topological polar surface area (TPSA) is 93.6 Å². The van der Waals surface area contributed by atoms with Crippen LogP contribution in [0.3, 0.4) is 0 Å². The minimum atomic E-state index is -0.917. The van der Waals surface area contributed by atoms with Gasteiger partial charge >= 0.3 is 5.97 Å². The molecule has 0 aliphatic carbocycles. The molecule has 21 heavy (non-hydrogen) atoms. The van der Waals surface area contributed by atoms with E-state index in [-0.39, 0.29) is 6.42 Å². The summed E-state index contributed by atoms with van der Waals surface area (Å²) >= 11 is 0. The van der Waals surface area contributed by atoms with Gasteiger partial charge in [0.2, 0.25) is 5.95 Å². The molecule has 1 heterocycles. The van der Waals surface area contributed by atoms with Crippen molar-refractivity contribution < 1.29 is 19.4 Å². The van der Waals surface area contributed by atoms with Gasteiger partial charge in [-0.25, -0.2) is 9.97 Å². The summed E-state index contributed by atoms with van der Waals surface area (Å²) in [4.78, 5) is 18.7. The molecule has 0 bridgehead atoms. The zero-order valence-corrected chi connectivity index (χ0v) is 11.7. The van der Waals surface area contributed by atoms with Crippen LogP contribution >= 0.6 is 0 Å². The number of benzene rings is 1. The lowest BCUT2D eigenvalue weighted by Gasteiger charge is -2.10. The van der Waals surface area contributed by atoms with Gasteiger partial charge in [0.25, 0.3) is 0 Å². The zero-order chi connectivity index (χ0) is 15.2. The third kappa shape index (κ3) is 3.82. The number of carbonyl (C=O) groups is 1.